The summed E-state index contributed by atoms with van der Waals surface area (Å²) in [6.45, 7) is 1.64. The van der Waals surface area contributed by atoms with Gasteiger partial charge in [0.15, 0.2) is 11.6 Å². The molecule has 6 nitrogen and oxygen atoms in total. The highest BCUT2D eigenvalue weighted by Crippen LogP contribution is 2.53. The van der Waals surface area contributed by atoms with Crippen molar-refractivity contribution in [2.75, 3.05) is 10.6 Å². The number of halogens is 1. The van der Waals surface area contributed by atoms with E-state index in [1.165, 1.54) is 23.7 Å². The predicted octanol–water partition coefficient (Wildman–Crippen LogP) is 4.06. The molecular weight excluding hydrogens is 345 g/mol. The largest absolute Gasteiger partial charge is 0.365 e. The number of nitrogens with zero attached hydrogens (tertiary/aromatic N) is 3. The van der Waals surface area contributed by atoms with E-state index in [1.54, 1.807) is 6.92 Å². The first-order valence-corrected chi connectivity index (χ1v) is 9.59. The van der Waals surface area contributed by atoms with Crippen LogP contribution in [-0.2, 0) is 4.79 Å². The van der Waals surface area contributed by atoms with Crippen molar-refractivity contribution in [2.45, 2.75) is 57.2 Å². The Labute approximate surface area is 157 Å². The van der Waals surface area contributed by atoms with Gasteiger partial charge in [-0.2, -0.15) is 4.98 Å². The molecule has 1 aromatic carbocycles. The maximum absolute atomic E-state index is 14.0. The molecule has 3 heterocycles. The van der Waals surface area contributed by atoms with Crippen molar-refractivity contribution in [3.05, 3.63) is 41.3 Å². The zero-order chi connectivity index (χ0) is 18.5. The van der Waals surface area contributed by atoms with Gasteiger partial charge in [0.2, 0.25) is 11.9 Å². The highest BCUT2D eigenvalue weighted by Gasteiger charge is 2.45. The first kappa shape index (κ1) is 16.5. The number of nitrogens with one attached hydrogen (secondary N) is 2. The van der Waals surface area contributed by atoms with Gasteiger partial charge in [-0.3, -0.25) is 4.79 Å². The SMILES string of the molecule is CC(=O)N1[C@@H]2CC[C@H]1c1cc(Nc3ncc(F)c(NC4CCC4)n3)ccc12. The monoisotopic (exact) mass is 367 g/mol. The Morgan fingerprint density at radius 1 is 1.19 bits per heavy atom. The molecule has 1 aliphatic carbocycles. The van der Waals surface area contributed by atoms with Crippen molar-refractivity contribution in [2.24, 2.45) is 0 Å². The summed E-state index contributed by atoms with van der Waals surface area (Å²) >= 11 is 0. The van der Waals surface area contributed by atoms with Crippen LogP contribution < -0.4 is 10.6 Å². The summed E-state index contributed by atoms with van der Waals surface area (Å²) in [6.07, 6.45) is 6.50. The van der Waals surface area contributed by atoms with Crippen molar-refractivity contribution in [3.63, 3.8) is 0 Å². The number of hydrogen-bond acceptors (Lipinski definition) is 5. The summed E-state index contributed by atoms with van der Waals surface area (Å²) in [5, 5.41) is 6.33. The molecule has 1 saturated carbocycles. The number of hydrogen-bond donors (Lipinski definition) is 2. The van der Waals surface area contributed by atoms with Crippen LogP contribution in [-0.4, -0.2) is 26.8 Å². The third-order valence-corrected chi connectivity index (χ3v) is 6.00. The van der Waals surface area contributed by atoms with Gasteiger partial charge in [-0.1, -0.05) is 6.07 Å². The highest BCUT2D eigenvalue weighted by molar-refractivity contribution is 5.77. The molecule has 0 radical (unpaired) electrons. The fourth-order valence-corrected chi connectivity index (χ4v) is 4.51. The van der Waals surface area contributed by atoms with Gasteiger partial charge in [-0.05, 0) is 55.4 Å². The van der Waals surface area contributed by atoms with Crippen LogP contribution >= 0.6 is 0 Å². The van der Waals surface area contributed by atoms with Crippen LogP contribution in [0.3, 0.4) is 0 Å². The van der Waals surface area contributed by atoms with Gasteiger partial charge >= 0.3 is 0 Å². The van der Waals surface area contributed by atoms with E-state index in [1.807, 2.05) is 11.0 Å². The van der Waals surface area contributed by atoms with Crippen LogP contribution in [0.5, 0.6) is 0 Å². The molecule has 1 amide bonds. The second-order valence-corrected chi connectivity index (χ2v) is 7.67. The van der Waals surface area contributed by atoms with Crippen molar-refractivity contribution in [1.82, 2.24) is 14.9 Å². The second kappa shape index (κ2) is 6.18. The Morgan fingerprint density at radius 2 is 1.96 bits per heavy atom. The molecule has 2 aromatic rings. The van der Waals surface area contributed by atoms with E-state index < -0.39 is 5.82 Å². The number of fused-ring (bicyclic) bond motifs is 5. The molecule has 2 fully saturated rings. The van der Waals surface area contributed by atoms with E-state index in [2.05, 4.69) is 32.7 Å². The number of carbonyl (C=O) groups is 1. The third kappa shape index (κ3) is 2.72. The summed E-state index contributed by atoms with van der Waals surface area (Å²) in [4.78, 5) is 22.3. The Bertz CT molecular complexity index is 913. The minimum absolute atomic E-state index is 0.127. The molecule has 2 bridgehead atoms. The van der Waals surface area contributed by atoms with Gasteiger partial charge in [0.25, 0.3) is 0 Å². The van der Waals surface area contributed by atoms with Crippen molar-refractivity contribution in [3.8, 4) is 0 Å². The molecule has 140 valence electrons. The minimum Gasteiger partial charge on any atom is -0.365 e. The van der Waals surface area contributed by atoms with Crippen LogP contribution in [0.15, 0.2) is 24.4 Å². The summed E-state index contributed by atoms with van der Waals surface area (Å²) in [5.74, 6) is 0.308. The zero-order valence-corrected chi connectivity index (χ0v) is 15.2. The Hall–Kier alpha value is -2.70. The molecule has 1 saturated heterocycles. The second-order valence-electron chi connectivity index (χ2n) is 7.67. The van der Waals surface area contributed by atoms with E-state index in [-0.39, 0.29) is 23.8 Å². The van der Waals surface area contributed by atoms with Crippen molar-refractivity contribution in [1.29, 1.82) is 0 Å². The topological polar surface area (TPSA) is 70.2 Å². The molecular formula is C20H22FN5O. The first-order chi connectivity index (χ1) is 13.1. The lowest BCUT2D eigenvalue weighted by atomic mass is 9.91. The van der Waals surface area contributed by atoms with Crippen LogP contribution in [0, 0.1) is 5.82 Å². The first-order valence-electron chi connectivity index (χ1n) is 9.59. The maximum atomic E-state index is 14.0. The average Bonchev–Trinajstić information content (AvgIpc) is 3.17. The van der Waals surface area contributed by atoms with Crippen LogP contribution in [0.25, 0.3) is 0 Å². The predicted molar refractivity (Wildman–Crippen MR) is 100 cm³/mol. The lowest BCUT2D eigenvalue weighted by Crippen LogP contribution is -2.28. The fourth-order valence-electron chi connectivity index (χ4n) is 4.51. The lowest BCUT2D eigenvalue weighted by molar-refractivity contribution is -0.131. The summed E-state index contributed by atoms with van der Waals surface area (Å²) < 4.78 is 14.0. The van der Waals surface area contributed by atoms with Crippen molar-refractivity contribution < 1.29 is 9.18 Å². The van der Waals surface area contributed by atoms with Gasteiger partial charge in [-0.25, -0.2) is 9.37 Å². The molecule has 3 aliphatic rings. The number of benzene rings is 1. The van der Waals surface area contributed by atoms with E-state index in [0.29, 0.717) is 12.0 Å². The molecule has 7 heteroatoms. The number of carbonyl (C=O) groups excluding carboxylic acids is 1. The van der Waals surface area contributed by atoms with E-state index >= 15 is 0 Å². The van der Waals surface area contributed by atoms with Gasteiger partial charge in [0, 0.05) is 18.7 Å². The molecule has 0 spiro atoms. The van der Waals surface area contributed by atoms with E-state index in [0.717, 1.165) is 31.4 Å². The molecule has 0 unspecified atom stereocenters. The number of rotatable bonds is 4. The Kier molecular flexibility index (Phi) is 3.77. The minimum atomic E-state index is -0.434. The molecule has 2 atom stereocenters. The summed E-state index contributed by atoms with van der Waals surface area (Å²) in [7, 11) is 0. The molecule has 2 aliphatic heterocycles. The van der Waals surface area contributed by atoms with Crippen molar-refractivity contribution >= 4 is 23.4 Å². The van der Waals surface area contributed by atoms with Gasteiger partial charge in [0.05, 0.1) is 18.3 Å². The zero-order valence-electron chi connectivity index (χ0n) is 15.2. The number of aromatic nitrogens is 2. The average molecular weight is 367 g/mol. The van der Waals surface area contributed by atoms with Gasteiger partial charge in [-0.15, -0.1) is 0 Å². The molecule has 27 heavy (non-hydrogen) atoms. The summed E-state index contributed by atoms with van der Waals surface area (Å²) in [6, 6.07) is 6.79. The summed E-state index contributed by atoms with van der Waals surface area (Å²) in [5.41, 5.74) is 3.28. The quantitative estimate of drug-likeness (QED) is 0.853. The van der Waals surface area contributed by atoms with Crippen LogP contribution in [0.1, 0.15) is 62.2 Å². The molecule has 5 rings (SSSR count). The maximum Gasteiger partial charge on any atom is 0.229 e. The Balaban J connectivity index is 1.38. The fraction of sp³-hybridized carbons (Fsp3) is 0.450. The van der Waals surface area contributed by atoms with E-state index in [4.69, 9.17) is 0 Å². The number of amides is 1. The normalized spacial score (nSPS) is 23.1. The van der Waals surface area contributed by atoms with E-state index in [9.17, 15) is 9.18 Å². The Morgan fingerprint density at radius 3 is 2.67 bits per heavy atom. The van der Waals surface area contributed by atoms with Gasteiger partial charge < -0.3 is 15.5 Å². The van der Waals surface area contributed by atoms with Gasteiger partial charge in [0.1, 0.15) is 0 Å². The molecule has 2 N–H and O–H groups in total. The lowest BCUT2D eigenvalue weighted by Gasteiger charge is -2.27. The molecule has 1 aromatic heterocycles. The van der Waals surface area contributed by atoms with Crippen LogP contribution in [0.2, 0.25) is 0 Å². The third-order valence-electron chi connectivity index (χ3n) is 6.00. The highest BCUT2D eigenvalue weighted by atomic mass is 19.1. The smallest absolute Gasteiger partial charge is 0.229 e. The number of anilines is 3. The standard InChI is InChI=1S/C20H22FN5O/c1-11(27)26-17-7-8-18(26)15-9-13(5-6-14(15)17)24-20-22-10-16(21)19(25-20)23-12-3-2-4-12/h5-6,9-10,12,17-18H,2-4,7-8H2,1H3,(H2,22,23,24,25)/t17-,18+/m1/s1. The van der Waals surface area contributed by atoms with Crippen LogP contribution in [0.4, 0.5) is 21.8 Å².